The Balaban J connectivity index is 2.78. The molecule has 3 N–H and O–H groups in total. The van der Waals surface area contributed by atoms with E-state index in [-0.39, 0.29) is 5.54 Å². The lowest BCUT2D eigenvalue weighted by atomic mass is 9.72. The van der Waals surface area contributed by atoms with Gasteiger partial charge < -0.3 is 10.8 Å². The molecule has 0 aromatic carbocycles. The number of rotatable bonds is 3. The molecule has 0 amide bonds. The third kappa shape index (κ3) is 2.12. The molecule has 0 radical (unpaired) electrons. The summed E-state index contributed by atoms with van der Waals surface area (Å²) in [7, 11) is 0. The van der Waals surface area contributed by atoms with Gasteiger partial charge in [-0.2, -0.15) is 0 Å². The molecule has 2 heteroatoms. The van der Waals surface area contributed by atoms with Crippen molar-refractivity contribution in [3.63, 3.8) is 0 Å². The summed E-state index contributed by atoms with van der Waals surface area (Å²) >= 11 is 0. The molecule has 0 spiro atoms. The zero-order valence-electron chi connectivity index (χ0n) is 9.68. The first kappa shape index (κ1) is 12.0. The van der Waals surface area contributed by atoms with Crippen molar-refractivity contribution >= 4 is 0 Å². The van der Waals surface area contributed by atoms with Crippen molar-refractivity contribution in [2.45, 2.75) is 76.4 Å². The van der Waals surface area contributed by atoms with E-state index in [1.165, 1.54) is 25.7 Å². The monoisotopic (exact) mass is 199 g/mol. The molecule has 1 aliphatic carbocycles. The van der Waals surface area contributed by atoms with Gasteiger partial charge in [0.1, 0.15) is 0 Å². The van der Waals surface area contributed by atoms with Gasteiger partial charge in [-0.1, -0.05) is 39.5 Å². The van der Waals surface area contributed by atoms with Crippen LogP contribution >= 0.6 is 0 Å². The lowest BCUT2D eigenvalue weighted by Crippen LogP contribution is -2.59. The normalized spacial score (nSPS) is 23.1. The topological polar surface area (TPSA) is 46.2 Å². The van der Waals surface area contributed by atoms with Crippen LogP contribution < -0.4 is 5.73 Å². The number of aliphatic hydroxyl groups is 1. The second kappa shape index (κ2) is 4.63. The van der Waals surface area contributed by atoms with Gasteiger partial charge in [0, 0.05) is 5.54 Å². The molecule has 1 fully saturated rings. The summed E-state index contributed by atoms with van der Waals surface area (Å²) in [5.41, 5.74) is 5.44. The van der Waals surface area contributed by atoms with Gasteiger partial charge in [-0.15, -0.1) is 0 Å². The standard InChI is InChI=1S/C12H25NO/c1-3-12(14,4-2)11(13)9-7-5-6-8-10-11/h14H,3-10,13H2,1-2H3. The summed E-state index contributed by atoms with van der Waals surface area (Å²) in [6.07, 6.45) is 8.46. The van der Waals surface area contributed by atoms with Gasteiger partial charge in [0.25, 0.3) is 0 Å². The van der Waals surface area contributed by atoms with Crippen LogP contribution in [-0.2, 0) is 0 Å². The van der Waals surface area contributed by atoms with E-state index in [0.717, 1.165) is 25.7 Å². The Labute approximate surface area is 87.9 Å². The van der Waals surface area contributed by atoms with E-state index in [4.69, 9.17) is 5.73 Å². The zero-order valence-corrected chi connectivity index (χ0v) is 9.68. The largest absolute Gasteiger partial charge is 0.388 e. The van der Waals surface area contributed by atoms with Crippen molar-refractivity contribution in [2.24, 2.45) is 5.73 Å². The number of nitrogens with two attached hydrogens (primary N) is 1. The van der Waals surface area contributed by atoms with Crippen molar-refractivity contribution in [2.75, 3.05) is 0 Å². The van der Waals surface area contributed by atoms with Crippen molar-refractivity contribution in [1.29, 1.82) is 0 Å². The van der Waals surface area contributed by atoms with E-state index in [0.29, 0.717) is 0 Å². The molecule has 0 aliphatic heterocycles. The molecular weight excluding hydrogens is 174 g/mol. The molecule has 0 saturated heterocycles. The van der Waals surface area contributed by atoms with E-state index >= 15 is 0 Å². The SMILES string of the molecule is CCC(O)(CC)C1(N)CCCCCC1. The van der Waals surface area contributed by atoms with Gasteiger partial charge in [-0.05, 0) is 25.7 Å². The molecule has 0 unspecified atom stereocenters. The minimum atomic E-state index is -0.642. The van der Waals surface area contributed by atoms with Crippen LogP contribution in [0.1, 0.15) is 65.2 Å². The predicted molar refractivity (Wildman–Crippen MR) is 60.2 cm³/mol. The zero-order chi connectivity index (χ0) is 10.7. The van der Waals surface area contributed by atoms with Crippen LogP contribution in [-0.4, -0.2) is 16.2 Å². The van der Waals surface area contributed by atoms with E-state index < -0.39 is 5.60 Å². The van der Waals surface area contributed by atoms with Crippen LogP contribution in [0.25, 0.3) is 0 Å². The van der Waals surface area contributed by atoms with E-state index in [1.807, 2.05) is 13.8 Å². The molecule has 1 saturated carbocycles. The van der Waals surface area contributed by atoms with E-state index in [2.05, 4.69) is 0 Å². The molecule has 1 aliphatic rings. The molecule has 0 atom stereocenters. The van der Waals surface area contributed by atoms with E-state index in [9.17, 15) is 5.11 Å². The second-order valence-electron chi connectivity index (χ2n) is 4.81. The lowest BCUT2D eigenvalue weighted by molar-refractivity contribution is -0.0494. The second-order valence-corrected chi connectivity index (χ2v) is 4.81. The molecule has 2 nitrogen and oxygen atoms in total. The van der Waals surface area contributed by atoms with Crippen LogP contribution in [0.2, 0.25) is 0 Å². The fourth-order valence-corrected chi connectivity index (χ4v) is 2.78. The molecule has 0 bridgehead atoms. The maximum atomic E-state index is 10.5. The Bertz CT molecular complexity index is 167. The summed E-state index contributed by atoms with van der Waals surface area (Å²) < 4.78 is 0. The summed E-state index contributed by atoms with van der Waals surface area (Å²) in [5.74, 6) is 0. The summed E-state index contributed by atoms with van der Waals surface area (Å²) in [4.78, 5) is 0. The molecule has 1 rings (SSSR count). The highest BCUT2D eigenvalue weighted by molar-refractivity contribution is 5.02. The van der Waals surface area contributed by atoms with Crippen LogP contribution in [0.15, 0.2) is 0 Å². The summed E-state index contributed by atoms with van der Waals surface area (Å²) in [6, 6.07) is 0. The Morgan fingerprint density at radius 3 is 1.86 bits per heavy atom. The third-order valence-corrected chi connectivity index (χ3v) is 4.09. The fourth-order valence-electron chi connectivity index (χ4n) is 2.78. The molecule has 0 aromatic heterocycles. The first-order chi connectivity index (χ1) is 6.58. The van der Waals surface area contributed by atoms with Gasteiger partial charge in [-0.3, -0.25) is 0 Å². The summed E-state index contributed by atoms with van der Waals surface area (Å²) in [6.45, 7) is 4.09. The average Bonchev–Trinajstić information content (AvgIpc) is 2.43. The first-order valence-corrected chi connectivity index (χ1v) is 6.09. The number of hydrogen-bond acceptors (Lipinski definition) is 2. The maximum absolute atomic E-state index is 10.5. The van der Waals surface area contributed by atoms with Gasteiger partial charge in [0.2, 0.25) is 0 Å². The molecule has 0 aromatic rings. The van der Waals surface area contributed by atoms with Crippen molar-refractivity contribution in [1.82, 2.24) is 0 Å². The average molecular weight is 199 g/mol. The highest BCUT2D eigenvalue weighted by Gasteiger charge is 2.44. The van der Waals surface area contributed by atoms with Gasteiger partial charge in [0.15, 0.2) is 0 Å². The lowest BCUT2D eigenvalue weighted by Gasteiger charge is -2.44. The molecule has 0 heterocycles. The van der Waals surface area contributed by atoms with Crippen LogP contribution in [0, 0.1) is 0 Å². The smallest absolute Gasteiger partial charge is 0.0821 e. The Hall–Kier alpha value is -0.0800. The van der Waals surface area contributed by atoms with Gasteiger partial charge >= 0.3 is 0 Å². The van der Waals surface area contributed by atoms with Crippen molar-refractivity contribution in [3.8, 4) is 0 Å². The third-order valence-electron chi connectivity index (χ3n) is 4.09. The Morgan fingerprint density at radius 2 is 1.50 bits per heavy atom. The Kier molecular flexibility index (Phi) is 3.96. The highest BCUT2D eigenvalue weighted by atomic mass is 16.3. The van der Waals surface area contributed by atoms with E-state index in [1.54, 1.807) is 0 Å². The van der Waals surface area contributed by atoms with Crippen molar-refractivity contribution < 1.29 is 5.11 Å². The minimum absolute atomic E-state index is 0.326. The highest BCUT2D eigenvalue weighted by Crippen LogP contribution is 2.37. The van der Waals surface area contributed by atoms with Crippen LogP contribution in [0.4, 0.5) is 0 Å². The van der Waals surface area contributed by atoms with Gasteiger partial charge in [-0.25, -0.2) is 0 Å². The fraction of sp³-hybridized carbons (Fsp3) is 1.00. The predicted octanol–water partition coefficient (Wildman–Crippen LogP) is 2.59. The molecular formula is C12H25NO. The summed E-state index contributed by atoms with van der Waals surface area (Å²) in [5, 5.41) is 10.5. The quantitative estimate of drug-likeness (QED) is 0.686. The van der Waals surface area contributed by atoms with Gasteiger partial charge in [0.05, 0.1) is 5.60 Å². The minimum Gasteiger partial charge on any atom is -0.388 e. The van der Waals surface area contributed by atoms with Crippen LogP contribution in [0.3, 0.4) is 0 Å². The Morgan fingerprint density at radius 1 is 1.07 bits per heavy atom. The van der Waals surface area contributed by atoms with Crippen LogP contribution in [0.5, 0.6) is 0 Å². The molecule has 14 heavy (non-hydrogen) atoms. The van der Waals surface area contributed by atoms with Crippen molar-refractivity contribution in [3.05, 3.63) is 0 Å². The molecule has 84 valence electrons. The maximum Gasteiger partial charge on any atom is 0.0821 e. The first-order valence-electron chi connectivity index (χ1n) is 6.09. The number of hydrogen-bond donors (Lipinski definition) is 2.